The molecule has 2 atom stereocenters. The molecule has 8 heteroatoms. The molecule has 0 radical (unpaired) electrons. The number of nitrogens with one attached hydrogen (secondary N) is 2. The van der Waals surface area contributed by atoms with Crippen LogP contribution >= 0.6 is 0 Å². The number of likely N-dealkylation sites (N-methyl/N-ethyl adjacent to an activating group) is 1. The molecule has 0 saturated carbocycles. The predicted molar refractivity (Wildman–Crippen MR) is 130 cm³/mol. The van der Waals surface area contributed by atoms with Crippen LogP contribution in [0.3, 0.4) is 0 Å². The van der Waals surface area contributed by atoms with E-state index in [1.807, 2.05) is 59.5 Å². The minimum absolute atomic E-state index is 0.0267. The highest BCUT2D eigenvalue weighted by atomic mass is 16.5. The summed E-state index contributed by atoms with van der Waals surface area (Å²) >= 11 is 0. The van der Waals surface area contributed by atoms with Gasteiger partial charge in [-0.2, -0.15) is 0 Å². The van der Waals surface area contributed by atoms with Crippen LogP contribution in [0.2, 0.25) is 0 Å². The molecule has 0 bridgehead atoms. The minimum Gasteiger partial charge on any atom is -0.497 e. The van der Waals surface area contributed by atoms with Crippen LogP contribution in [0.4, 0.5) is 4.79 Å². The number of carbonyl (C=O) groups excluding carboxylic acids is 2. The number of benzene rings is 2. The number of piperidine rings is 1. The Morgan fingerprint density at radius 2 is 1.71 bits per heavy atom. The van der Waals surface area contributed by atoms with Crippen molar-refractivity contribution in [1.29, 1.82) is 0 Å². The summed E-state index contributed by atoms with van der Waals surface area (Å²) in [5.74, 6) is 1.65. The van der Waals surface area contributed by atoms with E-state index in [0.29, 0.717) is 32.6 Å². The number of nitrogens with zero attached hydrogens (tertiary/aromatic N) is 2. The van der Waals surface area contributed by atoms with Crippen LogP contribution in [0.15, 0.2) is 54.6 Å². The van der Waals surface area contributed by atoms with Crippen molar-refractivity contribution in [3.05, 3.63) is 60.2 Å². The van der Waals surface area contributed by atoms with E-state index in [0.717, 1.165) is 29.9 Å². The SMILES string of the molecule is CNC(=O)[C@@H]1C[C@H](Oc2ccccc2)CN1C1CCN(C(=O)NCc2ccc(OC)cc2)CC1. The zero-order valence-electron chi connectivity index (χ0n) is 19.9. The monoisotopic (exact) mass is 466 g/mol. The Labute approximate surface area is 201 Å². The molecular formula is C26H34N4O4. The van der Waals surface area contributed by atoms with Gasteiger partial charge in [-0.15, -0.1) is 0 Å². The van der Waals surface area contributed by atoms with E-state index in [1.54, 1.807) is 14.2 Å². The fraction of sp³-hybridized carbons (Fsp3) is 0.462. The van der Waals surface area contributed by atoms with E-state index >= 15 is 0 Å². The first-order chi connectivity index (χ1) is 16.6. The smallest absolute Gasteiger partial charge is 0.317 e. The summed E-state index contributed by atoms with van der Waals surface area (Å²) < 4.78 is 11.3. The molecule has 2 heterocycles. The molecule has 2 N–H and O–H groups in total. The topological polar surface area (TPSA) is 83.1 Å². The molecule has 182 valence electrons. The van der Waals surface area contributed by atoms with Crippen LogP contribution in [0.25, 0.3) is 0 Å². The van der Waals surface area contributed by atoms with Crippen LogP contribution in [0, 0.1) is 0 Å². The zero-order chi connectivity index (χ0) is 23.9. The first-order valence-electron chi connectivity index (χ1n) is 11.9. The quantitative estimate of drug-likeness (QED) is 0.656. The summed E-state index contributed by atoms with van der Waals surface area (Å²) in [4.78, 5) is 29.4. The molecule has 0 aliphatic carbocycles. The molecule has 0 spiro atoms. The summed E-state index contributed by atoms with van der Waals surface area (Å²) in [6, 6.07) is 17.4. The molecule has 2 aliphatic heterocycles. The largest absolute Gasteiger partial charge is 0.497 e. The zero-order valence-corrected chi connectivity index (χ0v) is 19.9. The lowest BCUT2D eigenvalue weighted by molar-refractivity contribution is -0.126. The average Bonchev–Trinajstić information content (AvgIpc) is 3.31. The van der Waals surface area contributed by atoms with Gasteiger partial charge in [-0.1, -0.05) is 30.3 Å². The highest BCUT2D eigenvalue weighted by Gasteiger charge is 2.42. The number of ether oxygens (including phenoxy) is 2. The Bertz CT molecular complexity index is 945. The summed E-state index contributed by atoms with van der Waals surface area (Å²) in [5, 5.41) is 5.82. The van der Waals surface area contributed by atoms with Crippen molar-refractivity contribution in [1.82, 2.24) is 20.4 Å². The van der Waals surface area contributed by atoms with Crippen molar-refractivity contribution >= 4 is 11.9 Å². The van der Waals surface area contributed by atoms with Crippen LogP contribution in [-0.2, 0) is 11.3 Å². The molecule has 2 fully saturated rings. The fourth-order valence-electron chi connectivity index (χ4n) is 4.86. The van der Waals surface area contributed by atoms with Crippen LogP contribution in [0.5, 0.6) is 11.5 Å². The second-order valence-electron chi connectivity index (χ2n) is 8.84. The van der Waals surface area contributed by atoms with Gasteiger partial charge < -0.3 is 25.0 Å². The number of para-hydroxylation sites is 1. The van der Waals surface area contributed by atoms with Gasteiger partial charge in [0.15, 0.2) is 0 Å². The van der Waals surface area contributed by atoms with E-state index in [4.69, 9.17) is 9.47 Å². The molecule has 2 aromatic carbocycles. The third-order valence-corrected chi connectivity index (χ3v) is 6.72. The molecule has 0 unspecified atom stereocenters. The van der Waals surface area contributed by atoms with Gasteiger partial charge in [0.1, 0.15) is 17.6 Å². The lowest BCUT2D eigenvalue weighted by Gasteiger charge is -2.38. The number of amides is 3. The van der Waals surface area contributed by atoms with Crippen LogP contribution < -0.4 is 20.1 Å². The standard InChI is InChI=1S/C26H34N4O4/c1-27-25(31)24-16-23(34-22-6-4-3-5-7-22)18-30(24)20-12-14-29(15-13-20)26(32)28-17-19-8-10-21(33-2)11-9-19/h3-11,20,23-24H,12-18H2,1-2H3,(H,27,31)(H,28,32)/t23-,24-/m0/s1. The molecule has 8 nitrogen and oxygen atoms in total. The van der Waals surface area contributed by atoms with Crippen molar-refractivity contribution in [2.45, 2.75) is 44.0 Å². The maximum Gasteiger partial charge on any atom is 0.317 e. The Kier molecular flexibility index (Phi) is 7.90. The van der Waals surface area contributed by atoms with Crippen molar-refractivity contribution in [3.8, 4) is 11.5 Å². The lowest BCUT2D eigenvalue weighted by atomic mass is 10.0. The summed E-state index contributed by atoms with van der Waals surface area (Å²) in [6.45, 7) is 2.52. The number of methoxy groups -OCH3 is 1. The highest BCUT2D eigenvalue weighted by molar-refractivity contribution is 5.82. The Morgan fingerprint density at radius 1 is 1.00 bits per heavy atom. The fourth-order valence-corrected chi connectivity index (χ4v) is 4.86. The minimum atomic E-state index is -0.209. The maximum absolute atomic E-state index is 12.7. The third kappa shape index (κ3) is 5.80. The van der Waals surface area contributed by atoms with Crippen LogP contribution in [-0.4, -0.2) is 73.7 Å². The first kappa shape index (κ1) is 23.9. The van der Waals surface area contributed by atoms with Gasteiger partial charge in [0.2, 0.25) is 5.91 Å². The average molecular weight is 467 g/mol. The van der Waals surface area contributed by atoms with Gasteiger partial charge >= 0.3 is 6.03 Å². The van der Waals surface area contributed by atoms with E-state index in [2.05, 4.69) is 15.5 Å². The molecule has 2 aromatic rings. The summed E-state index contributed by atoms with van der Waals surface area (Å²) in [5.41, 5.74) is 1.03. The molecule has 0 aromatic heterocycles. The van der Waals surface area contributed by atoms with E-state index < -0.39 is 0 Å². The van der Waals surface area contributed by atoms with E-state index in [9.17, 15) is 9.59 Å². The van der Waals surface area contributed by atoms with Gasteiger partial charge in [0.25, 0.3) is 0 Å². The second-order valence-corrected chi connectivity index (χ2v) is 8.84. The van der Waals surface area contributed by atoms with Crippen molar-refractivity contribution in [3.63, 3.8) is 0 Å². The van der Waals surface area contributed by atoms with Crippen molar-refractivity contribution < 1.29 is 19.1 Å². The Hall–Kier alpha value is -3.26. The molecule has 4 rings (SSSR count). The van der Waals surface area contributed by atoms with Crippen molar-refractivity contribution in [2.24, 2.45) is 0 Å². The molecule has 2 saturated heterocycles. The number of hydrogen-bond acceptors (Lipinski definition) is 5. The second kappa shape index (κ2) is 11.2. The van der Waals surface area contributed by atoms with E-state index in [1.165, 1.54) is 0 Å². The third-order valence-electron chi connectivity index (χ3n) is 6.72. The summed E-state index contributed by atoms with van der Waals surface area (Å²) in [6.07, 6.45) is 2.30. The lowest BCUT2D eigenvalue weighted by Crippen LogP contribution is -2.53. The molecule has 2 aliphatic rings. The predicted octanol–water partition coefficient (Wildman–Crippen LogP) is 2.64. The number of urea groups is 1. The van der Waals surface area contributed by atoms with Gasteiger partial charge in [0.05, 0.1) is 13.2 Å². The number of likely N-dealkylation sites (tertiary alicyclic amines) is 2. The molecule has 34 heavy (non-hydrogen) atoms. The van der Waals surface area contributed by atoms with Gasteiger partial charge in [-0.3, -0.25) is 9.69 Å². The first-order valence-corrected chi connectivity index (χ1v) is 11.9. The van der Waals surface area contributed by atoms with Crippen molar-refractivity contribution in [2.75, 3.05) is 33.8 Å². The Balaban J connectivity index is 1.29. The summed E-state index contributed by atoms with van der Waals surface area (Å²) in [7, 11) is 3.32. The number of rotatable bonds is 7. The van der Waals surface area contributed by atoms with Gasteiger partial charge in [-0.05, 0) is 42.7 Å². The van der Waals surface area contributed by atoms with E-state index in [-0.39, 0.29) is 30.1 Å². The highest BCUT2D eigenvalue weighted by Crippen LogP contribution is 2.29. The van der Waals surface area contributed by atoms with Gasteiger partial charge in [-0.25, -0.2) is 4.79 Å². The number of carbonyl (C=O) groups is 2. The van der Waals surface area contributed by atoms with Crippen LogP contribution in [0.1, 0.15) is 24.8 Å². The molecular weight excluding hydrogens is 432 g/mol. The normalized spacial score (nSPS) is 21.2. The Morgan fingerprint density at radius 3 is 2.35 bits per heavy atom. The van der Waals surface area contributed by atoms with Gasteiger partial charge in [0, 0.05) is 45.7 Å². The molecule has 3 amide bonds. The maximum atomic E-state index is 12.7. The number of hydrogen-bond donors (Lipinski definition) is 2.